The van der Waals surface area contributed by atoms with Crippen LogP contribution in [0.5, 0.6) is 0 Å². The fraction of sp³-hybridized carbons (Fsp3) is 0.636. The van der Waals surface area contributed by atoms with Gasteiger partial charge in [0.25, 0.3) is 0 Å². The van der Waals surface area contributed by atoms with Gasteiger partial charge in [0.1, 0.15) is 6.04 Å². The average Bonchev–Trinajstić information content (AvgIpc) is 2.70. The molecule has 0 aliphatic carbocycles. The number of halogens is 1. The van der Waals surface area contributed by atoms with Crippen molar-refractivity contribution >= 4 is 17.6 Å². The summed E-state index contributed by atoms with van der Waals surface area (Å²) in [7, 11) is 0. The normalized spacial score (nSPS) is 24.8. The van der Waals surface area contributed by atoms with Gasteiger partial charge in [-0.25, -0.2) is 0 Å². The Bertz CT molecular complexity index is 419. The van der Waals surface area contributed by atoms with E-state index in [2.05, 4.69) is 10.4 Å². The fourth-order valence-electron chi connectivity index (χ4n) is 2.32. The van der Waals surface area contributed by atoms with Gasteiger partial charge >= 0.3 is 5.97 Å². The number of piperidine rings is 1. The van der Waals surface area contributed by atoms with E-state index >= 15 is 0 Å². The molecular formula is C11H16ClN3O2. The number of hydrogen-bond donors (Lipinski definition) is 2. The van der Waals surface area contributed by atoms with Crippen molar-refractivity contribution in [3.05, 3.63) is 16.9 Å². The van der Waals surface area contributed by atoms with Crippen LogP contribution < -0.4 is 5.32 Å². The van der Waals surface area contributed by atoms with Crippen LogP contribution in [0.1, 0.15) is 37.9 Å². The van der Waals surface area contributed by atoms with Crippen molar-refractivity contribution in [3.8, 4) is 0 Å². The van der Waals surface area contributed by atoms with E-state index in [0.717, 1.165) is 25.1 Å². The summed E-state index contributed by atoms with van der Waals surface area (Å²) in [6, 6.07) is -0.496. The quantitative estimate of drug-likeness (QED) is 0.867. The van der Waals surface area contributed by atoms with E-state index in [1.54, 1.807) is 6.20 Å². The molecule has 0 radical (unpaired) electrons. The van der Waals surface area contributed by atoms with Gasteiger partial charge in [-0.3, -0.25) is 14.8 Å². The smallest absolute Gasteiger partial charge is 0.320 e. The van der Waals surface area contributed by atoms with Crippen LogP contribution in [-0.2, 0) is 11.3 Å². The van der Waals surface area contributed by atoms with Crippen LogP contribution in [0.2, 0.25) is 5.02 Å². The Kier molecular flexibility index (Phi) is 3.69. The second kappa shape index (κ2) is 5.06. The predicted molar refractivity (Wildman–Crippen MR) is 64.1 cm³/mol. The molecule has 2 rings (SSSR count). The number of nitrogens with zero attached hydrogens (tertiary/aromatic N) is 2. The lowest BCUT2D eigenvalue weighted by atomic mass is 9.96. The molecule has 17 heavy (non-hydrogen) atoms. The molecule has 94 valence electrons. The molecule has 1 fully saturated rings. The maximum absolute atomic E-state index is 11.0. The van der Waals surface area contributed by atoms with Gasteiger partial charge in [-0.1, -0.05) is 11.6 Å². The van der Waals surface area contributed by atoms with Crippen LogP contribution in [-0.4, -0.2) is 26.9 Å². The lowest BCUT2D eigenvalue weighted by Gasteiger charge is -2.29. The second-order valence-electron chi connectivity index (χ2n) is 4.23. The molecule has 0 bridgehead atoms. The Hall–Kier alpha value is -1.07. The summed E-state index contributed by atoms with van der Waals surface area (Å²) in [4.78, 5) is 11.0. The Morgan fingerprint density at radius 3 is 3.12 bits per heavy atom. The largest absolute Gasteiger partial charge is 0.480 e. The summed E-state index contributed by atoms with van der Waals surface area (Å²) in [5.41, 5.74) is 0.903. The molecule has 1 aliphatic heterocycles. The highest BCUT2D eigenvalue weighted by Gasteiger charge is 2.29. The fourth-order valence-corrected chi connectivity index (χ4v) is 2.59. The van der Waals surface area contributed by atoms with Gasteiger partial charge < -0.3 is 5.11 Å². The monoisotopic (exact) mass is 257 g/mol. The first-order valence-electron chi connectivity index (χ1n) is 5.83. The first-order valence-corrected chi connectivity index (χ1v) is 6.21. The van der Waals surface area contributed by atoms with Gasteiger partial charge in [0.05, 0.1) is 23.0 Å². The molecule has 2 unspecified atom stereocenters. The summed E-state index contributed by atoms with van der Waals surface area (Å²) < 4.78 is 1.82. The zero-order valence-electron chi connectivity index (χ0n) is 9.69. The Morgan fingerprint density at radius 2 is 2.47 bits per heavy atom. The Labute approximate surface area is 105 Å². The van der Waals surface area contributed by atoms with Crippen LogP contribution in [0.3, 0.4) is 0 Å². The van der Waals surface area contributed by atoms with E-state index in [1.807, 2.05) is 11.6 Å². The number of carboxylic acid groups (broad SMARTS) is 1. The van der Waals surface area contributed by atoms with Crippen molar-refractivity contribution in [2.75, 3.05) is 0 Å². The number of nitrogens with one attached hydrogen (secondary N) is 1. The maximum Gasteiger partial charge on any atom is 0.320 e. The number of hydrogen-bond acceptors (Lipinski definition) is 3. The lowest BCUT2D eigenvalue weighted by molar-refractivity contribution is -0.140. The highest BCUT2D eigenvalue weighted by atomic mass is 35.5. The minimum Gasteiger partial charge on any atom is -0.480 e. The topological polar surface area (TPSA) is 67.2 Å². The first-order chi connectivity index (χ1) is 8.13. The minimum absolute atomic E-state index is 0.0141. The highest BCUT2D eigenvalue weighted by Crippen LogP contribution is 2.30. The Morgan fingerprint density at radius 1 is 1.71 bits per heavy atom. The van der Waals surface area contributed by atoms with Gasteiger partial charge in [-0.15, -0.1) is 0 Å². The van der Waals surface area contributed by atoms with Gasteiger partial charge in [-0.2, -0.15) is 5.10 Å². The number of rotatable bonds is 3. The molecule has 6 heteroatoms. The van der Waals surface area contributed by atoms with E-state index in [-0.39, 0.29) is 6.04 Å². The maximum atomic E-state index is 11.0. The number of aliphatic carboxylic acids is 1. The third-order valence-corrected chi connectivity index (χ3v) is 3.44. The molecule has 1 saturated heterocycles. The molecule has 1 aliphatic rings. The molecule has 1 aromatic rings. The van der Waals surface area contributed by atoms with Gasteiger partial charge in [0.15, 0.2) is 0 Å². The summed E-state index contributed by atoms with van der Waals surface area (Å²) in [6.45, 7) is 2.72. The molecule has 0 amide bonds. The van der Waals surface area contributed by atoms with Gasteiger partial charge in [0, 0.05) is 6.54 Å². The van der Waals surface area contributed by atoms with E-state index in [1.165, 1.54) is 0 Å². The molecule has 0 spiro atoms. The van der Waals surface area contributed by atoms with E-state index in [4.69, 9.17) is 16.7 Å². The number of carbonyl (C=O) groups is 1. The molecule has 1 aromatic heterocycles. The zero-order chi connectivity index (χ0) is 12.4. The van der Waals surface area contributed by atoms with Crippen LogP contribution in [0.25, 0.3) is 0 Å². The zero-order valence-corrected chi connectivity index (χ0v) is 10.4. The van der Waals surface area contributed by atoms with Gasteiger partial charge in [-0.05, 0) is 26.2 Å². The molecule has 5 nitrogen and oxygen atoms in total. The SMILES string of the molecule is CCn1ncc(Cl)c1C1CCCC(C(=O)O)N1. The van der Waals surface area contributed by atoms with Crippen molar-refractivity contribution in [2.24, 2.45) is 0 Å². The van der Waals surface area contributed by atoms with Crippen molar-refractivity contribution < 1.29 is 9.90 Å². The van der Waals surface area contributed by atoms with Gasteiger partial charge in [0.2, 0.25) is 0 Å². The second-order valence-corrected chi connectivity index (χ2v) is 4.64. The third kappa shape index (κ3) is 2.45. The molecule has 0 aromatic carbocycles. The van der Waals surface area contributed by atoms with Crippen LogP contribution >= 0.6 is 11.6 Å². The van der Waals surface area contributed by atoms with Crippen LogP contribution in [0.4, 0.5) is 0 Å². The molecule has 2 heterocycles. The summed E-state index contributed by atoms with van der Waals surface area (Å²) >= 11 is 6.11. The molecule has 2 atom stereocenters. The summed E-state index contributed by atoms with van der Waals surface area (Å²) in [5.74, 6) is -0.798. The van der Waals surface area contributed by atoms with Crippen LogP contribution in [0, 0.1) is 0 Å². The standard InChI is InChI=1S/C11H16ClN3O2/c1-2-15-10(7(12)6-13-15)8-4-3-5-9(14-8)11(16)17/h6,8-9,14H,2-5H2,1H3,(H,16,17). The first kappa shape index (κ1) is 12.4. The number of carboxylic acids is 1. The molecule has 2 N–H and O–H groups in total. The summed E-state index contributed by atoms with van der Waals surface area (Å²) in [5, 5.41) is 16.9. The lowest BCUT2D eigenvalue weighted by Crippen LogP contribution is -2.43. The van der Waals surface area contributed by atoms with Crippen LogP contribution in [0.15, 0.2) is 6.20 Å². The van der Waals surface area contributed by atoms with Crippen molar-refractivity contribution in [1.29, 1.82) is 0 Å². The predicted octanol–water partition coefficient (Wildman–Crippen LogP) is 1.82. The van der Waals surface area contributed by atoms with Crippen molar-refractivity contribution in [3.63, 3.8) is 0 Å². The average molecular weight is 258 g/mol. The molecular weight excluding hydrogens is 242 g/mol. The van der Waals surface area contributed by atoms with Crippen molar-refractivity contribution in [1.82, 2.24) is 15.1 Å². The number of aryl methyl sites for hydroxylation is 1. The highest BCUT2D eigenvalue weighted by molar-refractivity contribution is 6.31. The van der Waals surface area contributed by atoms with E-state index in [9.17, 15) is 4.79 Å². The van der Waals surface area contributed by atoms with E-state index < -0.39 is 12.0 Å². The van der Waals surface area contributed by atoms with E-state index in [0.29, 0.717) is 11.4 Å². The number of aromatic nitrogens is 2. The minimum atomic E-state index is -0.798. The molecule has 0 saturated carbocycles. The summed E-state index contributed by atoms with van der Waals surface area (Å²) in [6.07, 6.45) is 4.07. The van der Waals surface area contributed by atoms with Crippen molar-refractivity contribution in [2.45, 2.75) is 44.8 Å². The Balaban J connectivity index is 2.21. The third-order valence-electron chi connectivity index (χ3n) is 3.15.